The Morgan fingerprint density at radius 3 is 2.12 bits per heavy atom. The zero-order valence-electron chi connectivity index (χ0n) is 14.9. The first kappa shape index (κ1) is 17.3. The molecule has 0 aliphatic rings. The molecule has 25 heavy (non-hydrogen) atoms. The lowest BCUT2D eigenvalue weighted by atomic mass is 9.95. The second-order valence-electron chi connectivity index (χ2n) is 6.38. The van der Waals surface area contributed by atoms with Crippen molar-refractivity contribution >= 4 is 0 Å². The van der Waals surface area contributed by atoms with Gasteiger partial charge in [-0.2, -0.15) is 0 Å². The van der Waals surface area contributed by atoms with Crippen LogP contribution in [0.2, 0.25) is 0 Å². The van der Waals surface area contributed by atoms with Crippen molar-refractivity contribution in [2.24, 2.45) is 0 Å². The Hall–Kier alpha value is -2.54. The number of para-hydroxylation sites is 1. The number of hydrogen-bond acceptors (Lipinski definition) is 1. The summed E-state index contributed by atoms with van der Waals surface area (Å²) in [5.74, 6) is 1.81. The number of ether oxygens (including phenoxy) is 1. The number of unbranched alkanes of at least 4 members (excludes halogenated alkanes) is 3. The Balaban J connectivity index is 1.93. The number of rotatable bonds is 8. The normalized spacial score (nSPS) is 10.6. The van der Waals surface area contributed by atoms with Crippen molar-refractivity contribution < 1.29 is 4.74 Å². The molecule has 0 saturated carbocycles. The van der Waals surface area contributed by atoms with E-state index in [0.29, 0.717) is 0 Å². The summed E-state index contributed by atoms with van der Waals surface area (Å²) in [4.78, 5) is 0. The van der Waals surface area contributed by atoms with Gasteiger partial charge in [0.15, 0.2) is 0 Å². The molecule has 128 valence electrons. The van der Waals surface area contributed by atoms with E-state index < -0.39 is 0 Å². The molecule has 0 saturated heterocycles. The SMILES string of the molecule is CCCCCCc1cccc(Oc2ccccc2)c1-c1ccccc1. The minimum absolute atomic E-state index is 0.878. The maximum Gasteiger partial charge on any atom is 0.135 e. The summed E-state index contributed by atoms with van der Waals surface area (Å²) in [6, 6.07) is 27.0. The Morgan fingerprint density at radius 2 is 1.40 bits per heavy atom. The van der Waals surface area contributed by atoms with Crippen molar-refractivity contribution in [3.8, 4) is 22.6 Å². The lowest BCUT2D eigenvalue weighted by Crippen LogP contribution is -1.95. The van der Waals surface area contributed by atoms with E-state index in [1.165, 1.54) is 42.4 Å². The van der Waals surface area contributed by atoms with E-state index in [1.807, 2.05) is 30.3 Å². The van der Waals surface area contributed by atoms with Gasteiger partial charge in [-0.1, -0.05) is 86.8 Å². The molecule has 0 radical (unpaired) electrons. The molecule has 1 nitrogen and oxygen atoms in total. The van der Waals surface area contributed by atoms with Gasteiger partial charge in [-0.05, 0) is 42.2 Å². The molecular formula is C24H26O. The molecule has 0 heterocycles. The highest BCUT2D eigenvalue weighted by molar-refractivity contribution is 5.74. The third-order valence-corrected chi connectivity index (χ3v) is 4.45. The fraction of sp³-hybridized carbons (Fsp3) is 0.250. The van der Waals surface area contributed by atoms with E-state index >= 15 is 0 Å². The molecule has 0 N–H and O–H groups in total. The van der Waals surface area contributed by atoms with E-state index in [4.69, 9.17) is 4.74 Å². The number of hydrogen-bond donors (Lipinski definition) is 0. The summed E-state index contributed by atoms with van der Waals surface area (Å²) in [7, 11) is 0. The van der Waals surface area contributed by atoms with Crippen LogP contribution in [-0.2, 0) is 6.42 Å². The highest BCUT2D eigenvalue weighted by atomic mass is 16.5. The van der Waals surface area contributed by atoms with Crippen LogP contribution in [0.1, 0.15) is 38.2 Å². The first-order valence-corrected chi connectivity index (χ1v) is 9.28. The standard InChI is InChI=1S/C24H26O/c1-2-3-4-7-13-21-16-12-19-23(25-22-17-10-6-11-18-22)24(21)20-14-8-5-9-15-20/h5-6,8-12,14-19H,2-4,7,13H2,1H3. The first-order chi connectivity index (χ1) is 12.4. The largest absolute Gasteiger partial charge is 0.457 e. The Bertz CT molecular complexity index is 763. The summed E-state index contributed by atoms with van der Waals surface area (Å²) in [5, 5.41) is 0. The minimum atomic E-state index is 0.878. The molecule has 0 fully saturated rings. The molecular weight excluding hydrogens is 304 g/mol. The Kier molecular flexibility index (Phi) is 6.28. The molecule has 0 unspecified atom stereocenters. The van der Waals surface area contributed by atoms with Gasteiger partial charge < -0.3 is 4.74 Å². The summed E-state index contributed by atoms with van der Waals surface area (Å²) < 4.78 is 6.23. The van der Waals surface area contributed by atoms with Crippen LogP contribution >= 0.6 is 0 Å². The average molecular weight is 330 g/mol. The van der Waals surface area contributed by atoms with Gasteiger partial charge >= 0.3 is 0 Å². The van der Waals surface area contributed by atoms with E-state index in [0.717, 1.165) is 17.9 Å². The minimum Gasteiger partial charge on any atom is -0.457 e. The predicted molar refractivity (Wildman–Crippen MR) is 106 cm³/mol. The summed E-state index contributed by atoms with van der Waals surface area (Å²) in [6.45, 7) is 2.25. The van der Waals surface area contributed by atoms with Gasteiger partial charge in [0.1, 0.15) is 11.5 Å². The van der Waals surface area contributed by atoms with Crippen molar-refractivity contribution in [1.29, 1.82) is 0 Å². The van der Waals surface area contributed by atoms with Crippen molar-refractivity contribution in [2.75, 3.05) is 0 Å². The van der Waals surface area contributed by atoms with Crippen LogP contribution in [0.25, 0.3) is 11.1 Å². The molecule has 0 aromatic heterocycles. The van der Waals surface area contributed by atoms with Gasteiger partial charge in [0.2, 0.25) is 0 Å². The van der Waals surface area contributed by atoms with Crippen LogP contribution in [0.4, 0.5) is 0 Å². The van der Waals surface area contributed by atoms with Crippen molar-refractivity contribution in [3.63, 3.8) is 0 Å². The van der Waals surface area contributed by atoms with Crippen molar-refractivity contribution in [3.05, 3.63) is 84.4 Å². The summed E-state index contributed by atoms with van der Waals surface area (Å²) in [5.41, 5.74) is 3.82. The topological polar surface area (TPSA) is 9.23 Å². The van der Waals surface area contributed by atoms with Crippen LogP contribution in [0, 0.1) is 0 Å². The van der Waals surface area contributed by atoms with Crippen LogP contribution < -0.4 is 4.74 Å². The molecule has 3 aromatic carbocycles. The van der Waals surface area contributed by atoms with Crippen molar-refractivity contribution in [1.82, 2.24) is 0 Å². The van der Waals surface area contributed by atoms with E-state index in [2.05, 4.69) is 55.5 Å². The summed E-state index contributed by atoms with van der Waals surface area (Å²) in [6.07, 6.45) is 6.18. The third kappa shape index (κ3) is 4.73. The van der Waals surface area contributed by atoms with E-state index in [9.17, 15) is 0 Å². The molecule has 0 amide bonds. The lowest BCUT2D eigenvalue weighted by Gasteiger charge is -2.16. The van der Waals surface area contributed by atoms with Gasteiger partial charge in [0.25, 0.3) is 0 Å². The van der Waals surface area contributed by atoms with E-state index in [1.54, 1.807) is 0 Å². The highest BCUT2D eigenvalue weighted by Crippen LogP contribution is 2.36. The second kappa shape index (κ2) is 9.08. The summed E-state index contributed by atoms with van der Waals surface area (Å²) >= 11 is 0. The van der Waals surface area contributed by atoms with Gasteiger partial charge in [-0.3, -0.25) is 0 Å². The molecule has 0 bridgehead atoms. The highest BCUT2D eigenvalue weighted by Gasteiger charge is 2.12. The van der Waals surface area contributed by atoms with Gasteiger partial charge in [0.05, 0.1) is 0 Å². The molecule has 1 heteroatoms. The fourth-order valence-electron chi connectivity index (χ4n) is 3.16. The average Bonchev–Trinajstić information content (AvgIpc) is 2.67. The molecule has 0 atom stereocenters. The second-order valence-corrected chi connectivity index (χ2v) is 6.38. The predicted octanol–water partition coefficient (Wildman–Crippen LogP) is 7.27. The zero-order chi connectivity index (χ0) is 17.3. The Morgan fingerprint density at radius 1 is 0.680 bits per heavy atom. The smallest absolute Gasteiger partial charge is 0.135 e. The lowest BCUT2D eigenvalue weighted by molar-refractivity contribution is 0.483. The van der Waals surface area contributed by atoms with Crippen molar-refractivity contribution in [2.45, 2.75) is 39.0 Å². The quantitative estimate of drug-likeness (QED) is 0.395. The first-order valence-electron chi connectivity index (χ1n) is 9.28. The van der Waals surface area contributed by atoms with Gasteiger partial charge in [-0.15, -0.1) is 0 Å². The zero-order valence-corrected chi connectivity index (χ0v) is 14.9. The monoisotopic (exact) mass is 330 g/mol. The molecule has 0 spiro atoms. The van der Waals surface area contributed by atoms with Gasteiger partial charge in [-0.25, -0.2) is 0 Å². The van der Waals surface area contributed by atoms with Gasteiger partial charge in [0, 0.05) is 5.56 Å². The van der Waals surface area contributed by atoms with Crippen LogP contribution in [0.15, 0.2) is 78.9 Å². The van der Waals surface area contributed by atoms with Crippen LogP contribution in [0.3, 0.4) is 0 Å². The number of aryl methyl sites for hydroxylation is 1. The molecule has 3 rings (SSSR count). The molecule has 3 aromatic rings. The fourth-order valence-corrected chi connectivity index (χ4v) is 3.16. The maximum atomic E-state index is 6.23. The van der Waals surface area contributed by atoms with Crippen LogP contribution in [0.5, 0.6) is 11.5 Å². The van der Waals surface area contributed by atoms with E-state index in [-0.39, 0.29) is 0 Å². The van der Waals surface area contributed by atoms with Crippen LogP contribution in [-0.4, -0.2) is 0 Å². The maximum absolute atomic E-state index is 6.23. The molecule has 0 aliphatic carbocycles. The number of benzene rings is 3. The Labute approximate surface area is 151 Å². The molecule has 0 aliphatic heterocycles. The third-order valence-electron chi connectivity index (χ3n) is 4.45.